The second-order valence-corrected chi connectivity index (χ2v) is 9.50. The Bertz CT molecular complexity index is 1520. The van der Waals surface area contributed by atoms with E-state index in [0.29, 0.717) is 47.1 Å². The third-order valence-corrected chi connectivity index (χ3v) is 6.65. The molecule has 1 aliphatic heterocycles. The number of hydrogen-bond acceptors (Lipinski definition) is 6. The fraction of sp³-hybridized carbons (Fsp3) is 0.156. The van der Waals surface area contributed by atoms with Crippen LogP contribution in [0.3, 0.4) is 0 Å². The third kappa shape index (κ3) is 6.70. The van der Waals surface area contributed by atoms with Crippen LogP contribution >= 0.6 is 0 Å². The van der Waals surface area contributed by atoms with E-state index in [-0.39, 0.29) is 11.7 Å². The molecule has 3 aromatic carbocycles. The van der Waals surface area contributed by atoms with Gasteiger partial charge in [-0.2, -0.15) is 5.26 Å². The Labute approximate surface area is 232 Å². The topological polar surface area (TPSA) is 81.5 Å². The lowest BCUT2D eigenvalue weighted by atomic mass is 10.1. The van der Waals surface area contributed by atoms with Gasteiger partial charge in [0.25, 0.3) is 5.91 Å². The lowest BCUT2D eigenvalue weighted by Gasteiger charge is -2.34. The molecule has 1 aliphatic rings. The molecule has 0 saturated carbocycles. The van der Waals surface area contributed by atoms with Crippen molar-refractivity contribution in [2.24, 2.45) is 0 Å². The van der Waals surface area contributed by atoms with Crippen LogP contribution in [-0.4, -0.2) is 46.9 Å². The molecule has 1 aromatic heterocycles. The number of rotatable bonds is 8. The standard InChI is InChI=1S/C32H28FN5O2/c1-23(36-28-10-12-29(13-11-28)40-30-4-2-3-25(19-30)20-34)31-14-7-26(21-35-31)32(39)38-17-15-37(16-18-38)22-24-5-8-27(33)9-6-24/h2-14,19,21,36H,1,15-18,22H2. The average molecular weight is 534 g/mol. The highest BCUT2D eigenvalue weighted by Crippen LogP contribution is 2.25. The number of carbonyl (C=O) groups is 1. The van der Waals surface area contributed by atoms with Crippen LogP contribution in [-0.2, 0) is 6.54 Å². The van der Waals surface area contributed by atoms with Crippen molar-refractivity contribution in [3.05, 3.63) is 126 Å². The molecule has 0 aliphatic carbocycles. The third-order valence-electron chi connectivity index (χ3n) is 6.65. The van der Waals surface area contributed by atoms with Gasteiger partial charge >= 0.3 is 0 Å². The number of halogens is 1. The first-order chi connectivity index (χ1) is 19.5. The maximum absolute atomic E-state index is 13.1. The summed E-state index contributed by atoms with van der Waals surface area (Å²) in [4.78, 5) is 21.6. The summed E-state index contributed by atoms with van der Waals surface area (Å²) in [7, 11) is 0. The zero-order chi connectivity index (χ0) is 27.9. The number of aromatic nitrogens is 1. The first-order valence-electron chi connectivity index (χ1n) is 12.9. The van der Waals surface area contributed by atoms with Crippen LogP contribution in [0.4, 0.5) is 10.1 Å². The van der Waals surface area contributed by atoms with Crippen LogP contribution in [0.15, 0.2) is 97.7 Å². The Morgan fingerprint density at radius 3 is 2.40 bits per heavy atom. The van der Waals surface area contributed by atoms with Gasteiger partial charge < -0.3 is 15.0 Å². The van der Waals surface area contributed by atoms with Gasteiger partial charge in [0.15, 0.2) is 0 Å². The number of amides is 1. The molecule has 0 unspecified atom stereocenters. The Kier molecular flexibility index (Phi) is 8.14. The normalized spacial score (nSPS) is 13.3. The molecule has 200 valence electrons. The highest BCUT2D eigenvalue weighted by atomic mass is 19.1. The van der Waals surface area contributed by atoms with Crippen LogP contribution in [0, 0.1) is 17.1 Å². The van der Waals surface area contributed by atoms with E-state index in [9.17, 15) is 9.18 Å². The molecular weight excluding hydrogens is 505 g/mol. The molecule has 0 spiro atoms. The largest absolute Gasteiger partial charge is 0.457 e. The number of piperazine rings is 1. The van der Waals surface area contributed by atoms with E-state index in [1.54, 1.807) is 54.7 Å². The number of ether oxygens (including phenoxy) is 1. The van der Waals surface area contributed by atoms with Gasteiger partial charge in [-0.1, -0.05) is 24.8 Å². The average Bonchev–Trinajstić information content (AvgIpc) is 2.99. The van der Waals surface area contributed by atoms with Crippen molar-refractivity contribution in [1.29, 1.82) is 5.26 Å². The molecule has 5 rings (SSSR count). The van der Waals surface area contributed by atoms with E-state index in [0.717, 1.165) is 30.9 Å². The summed E-state index contributed by atoms with van der Waals surface area (Å²) < 4.78 is 19.0. The minimum Gasteiger partial charge on any atom is -0.457 e. The monoisotopic (exact) mass is 533 g/mol. The molecule has 1 fully saturated rings. The number of pyridine rings is 1. The van der Waals surface area contributed by atoms with E-state index in [1.165, 1.54) is 12.1 Å². The van der Waals surface area contributed by atoms with Gasteiger partial charge in [-0.05, 0) is 72.3 Å². The van der Waals surface area contributed by atoms with Crippen molar-refractivity contribution in [1.82, 2.24) is 14.8 Å². The van der Waals surface area contributed by atoms with E-state index in [1.807, 2.05) is 29.2 Å². The number of nitrogens with zero attached hydrogens (tertiary/aromatic N) is 4. The zero-order valence-corrected chi connectivity index (χ0v) is 21.9. The maximum atomic E-state index is 13.1. The highest BCUT2D eigenvalue weighted by Gasteiger charge is 2.22. The molecule has 0 radical (unpaired) electrons. The summed E-state index contributed by atoms with van der Waals surface area (Å²) in [5.74, 6) is 0.951. The summed E-state index contributed by atoms with van der Waals surface area (Å²) in [5.41, 5.74) is 4.17. The molecular formula is C32H28FN5O2. The second-order valence-electron chi connectivity index (χ2n) is 9.50. The Balaban J connectivity index is 1.12. The zero-order valence-electron chi connectivity index (χ0n) is 21.9. The summed E-state index contributed by atoms with van der Waals surface area (Å²) in [5, 5.41) is 12.3. The van der Waals surface area contributed by atoms with Gasteiger partial charge in [-0.3, -0.25) is 14.7 Å². The minimum absolute atomic E-state index is 0.0463. The number of benzene rings is 3. The predicted molar refractivity (Wildman–Crippen MR) is 152 cm³/mol. The predicted octanol–water partition coefficient (Wildman–Crippen LogP) is 5.93. The lowest BCUT2D eigenvalue weighted by molar-refractivity contribution is 0.0628. The van der Waals surface area contributed by atoms with E-state index in [2.05, 4.69) is 27.8 Å². The van der Waals surface area contributed by atoms with Gasteiger partial charge in [0.05, 0.1) is 28.6 Å². The van der Waals surface area contributed by atoms with Gasteiger partial charge in [-0.15, -0.1) is 0 Å². The van der Waals surface area contributed by atoms with Crippen molar-refractivity contribution in [3.8, 4) is 17.6 Å². The molecule has 7 nitrogen and oxygen atoms in total. The molecule has 1 amide bonds. The summed E-state index contributed by atoms with van der Waals surface area (Å²) in [6.45, 7) is 7.58. The maximum Gasteiger partial charge on any atom is 0.255 e. The van der Waals surface area contributed by atoms with Crippen LogP contribution in [0.2, 0.25) is 0 Å². The van der Waals surface area contributed by atoms with Crippen LogP contribution in [0.5, 0.6) is 11.5 Å². The fourth-order valence-corrected chi connectivity index (χ4v) is 4.45. The number of carbonyl (C=O) groups excluding carboxylic acids is 1. The first kappa shape index (κ1) is 26.6. The Morgan fingerprint density at radius 1 is 0.975 bits per heavy atom. The summed E-state index contributed by atoms with van der Waals surface area (Å²) >= 11 is 0. The van der Waals surface area contributed by atoms with Crippen LogP contribution in [0.25, 0.3) is 5.70 Å². The van der Waals surface area contributed by atoms with E-state index in [4.69, 9.17) is 10.00 Å². The number of anilines is 1. The number of hydrogen-bond donors (Lipinski definition) is 1. The second kappa shape index (κ2) is 12.2. The molecule has 0 bridgehead atoms. The summed E-state index contributed by atoms with van der Waals surface area (Å²) in [6, 6.07) is 26.5. The van der Waals surface area contributed by atoms with Gasteiger partial charge in [0.1, 0.15) is 17.3 Å². The lowest BCUT2D eigenvalue weighted by Crippen LogP contribution is -2.48. The Morgan fingerprint density at radius 2 is 1.73 bits per heavy atom. The SMILES string of the molecule is C=C(Nc1ccc(Oc2cccc(C#N)c2)cc1)c1ccc(C(=O)N2CCN(Cc3ccc(F)cc3)CC2)cn1. The minimum atomic E-state index is -0.237. The van der Waals surface area contributed by atoms with Gasteiger partial charge in [-0.25, -0.2) is 4.39 Å². The quantitative estimate of drug-likeness (QED) is 0.303. The number of nitriles is 1. The van der Waals surface area contributed by atoms with E-state index < -0.39 is 0 Å². The van der Waals surface area contributed by atoms with Crippen molar-refractivity contribution >= 4 is 17.3 Å². The van der Waals surface area contributed by atoms with E-state index >= 15 is 0 Å². The van der Waals surface area contributed by atoms with Crippen LogP contribution < -0.4 is 10.1 Å². The fourth-order valence-electron chi connectivity index (χ4n) is 4.45. The molecule has 0 atom stereocenters. The molecule has 40 heavy (non-hydrogen) atoms. The van der Waals surface area contributed by atoms with Crippen molar-refractivity contribution in [2.45, 2.75) is 6.54 Å². The number of nitrogens with one attached hydrogen (secondary N) is 1. The van der Waals surface area contributed by atoms with Crippen molar-refractivity contribution < 1.29 is 13.9 Å². The van der Waals surface area contributed by atoms with Gasteiger partial charge in [0, 0.05) is 44.6 Å². The van der Waals surface area contributed by atoms with Gasteiger partial charge in [0.2, 0.25) is 0 Å². The molecule has 1 saturated heterocycles. The molecule has 2 heterocycles. The molecule has 4 aromatic rings. The first-order valence-corrected chi connectivity index (χ1v) is 12.9. The van der Waals surface area contributed by atoms with Crippen LogP contribution in [0.1, 0.15) is 27.2 Å². The van der Waals surface area contributed by atoms with Crippen molar-refractivity contribution in [3.63, 3.8) is 0 Å². The summed E-state index contributed by atoms with van der Waals surface area (Å²) in [6.07, 6.45) is 1.59. The molecule has 1 N–H and O–H groups in total. The van der Waals surface area contributed by atoms with Crippen molar-refractivity contribution in [2.75, 3.05) is 31.5 Å². The Hall–Kier alpha value is -5.00. The smallest absolute Gasteiger partial charge is 0.255 e. The highest BCUT2D eigenvalue weighted by molar-refractivity contribution is 5.94. The molecule has 8 heteroatoms.